The first-order chi connectivity index (χ1) is 14.1. The maximum atomic E-state index is 13.7. The number of likely N-dealkylation sites (N-methyl/N-ethyl adjacent to an activating group) is 1. The zero-order valence-corrected chi connectivity index (χ0v) is 17.2. The molecule has 0 radical (unpaired) electrons. The van der Waals surface area contributed by atoms with E-state index >= 15 is 0 Å². The number of carbonyl (C=O) groups excluding carboxylic acids is 2. The molecule has 0 bridgehead atoms. The van der Waals surface area contributed by atoms with Gasteiger partial charge in [0.05, 0.1) is 12.0 Å². The van der Waals surface area contributed by atoms with Crippen LogP contribution in [0.25, 0.3) is 6.08 Å². The fourth-order valence-electron chi connectivity index (χ4n) is 2.39. The highest BCUT2D eigenvalue weighted by molar-refractivity contribution is 7.89. The Morgan fingerprint density at radius 3 is 2.40 bits per heavy atom. The summed E-state index contributed by atoms with van der Waals surface area (Å²) in [5.41, 5.74) is 1.10. The van der Waals surface area contributed by atoms with Gasteiger partial charge >= 0.3 is 5.97 Å². The molecule has 0 heterocycles. The zero-order chi connectivity index (χ0) is 22.3. The van der Waals surface area contributed by atoms with Crippen molar-refractivity contribution < 1.29 is 31.9 Å². The van der Waals surface area contributed by atoms with Crippen molar-refractivity contribution >= 4 is 28.0 Å². The van der Waals surface area contributed by atoms with Gasteiger partial charge in [-0.1, -0.05) is 18.2 Å². The molecule has 0 aliphatic rings. The molecule has 2 rings (SSSR count). The van der Waals surface area contributed by atoms with Crippen LogP contribution in [0.15, 0.2) is 53.4 Å². The Balaban J connectivity index is 1.85. The average molecular weight is 436 g/mol. The monoisotopic (exact) mass is 436 g/mol. The van der Waals surface area contributed by atoms with Gasteiger partial charge in [0, 0.05) is 19.7 Å². The second-order valence-corrected chi connectivity index (χ2v) is 7.84. The van der Waals surface area contributed by atoms with Crippen LogP contribution in [0.5, 0.6) is 5.75 Å². The Kier molecular flexibility index (Phi) is 7.67. The molecule has 1 amide bonds. The number of amides is 1. The summed E-state index contributed by atoms with van der Waals surface area (Å²) in [5.74, 6) is -1.65. The molecule has 0 saturated heterocycles. The molecule has 2 N–H and O–H groups in total. The van der Waals surface area contributed by atoms with Crippen molar-refractivity contribution in [3.63, 3.8) is 0 Å². The van der Waals surface area contributed by atoms with Gasteiger partial charge in [0.25, 0.3) is 5.91 Å². The quantitative estimate of drug-likeness (QED) is 0.497. The number of esters is 1. The SMILES string of the molecule is COc1ccc(CN(C)C(=O)COC(=O)/C=C/c2ccc(S(N)(=O)=O)cc2)cc1F. The summed E-state index contributed by atoms with van der Waals surface area (Å²) in [5, 5.41) is 5.01. The van der Waals surface area contributed by atoms with Gasteiger partial charge in [-0.25, -0.2) is 22.7 Å². The van der Waals surface area contributed by atoms with E-state index in [-0.39, 0.29) is 17.2 Å². The van der Waals surface area contributed by atoms with Crippen LogP contribution in [-0.2, 0) is 30.9 Å². The van der Waals surface area contributed by atoms with E-state index in [1.165, 1.54) is 61.5 Å². The number of ether oxygens (including phenoxy) is 2. The number of nitrogens with zero attached hydrogens (tertiary/aromatic N) is 1. The van der Waals surface area contributed by atoms with Gasteiger partial charge in [-0.3, -0.25) is 4.79 Å². The molecule has 0 fully saturated rings. The van der Waals surface area contributed by atoms with E-state index < -0.39 is 34.3 Å². The number of nitrogens with two attached hydrogens (primary N) is 1. The van der Waals surface area contributed by atoms with Crippen molar-refractivity contribution in [2.75, 3.05) is 20.8 Å². The number of sulfonamides is 1. The number of benzene rings is 2. The minimum atomic E-state index is -3.79. The Bertz CT molecular complexity index is 1050. The highest BCUT2D eigenvalue weighted by Gasteiger charge is 2.13. The predicted molar refractivity (Wildman–Crippen MR) is 107 cm³/mol. The van der Waals surface area contributed by atoms with E-state index in [0.717, 1.165) is 6.08 Å². The molecule has 0 aliphatic heterocycles. The highest BCUT2D eigenvalue weighted by Crippen LogP contribution is 2.18. The second kappa shape index (κ2) is 9.99. The molecule has 10 heteroatoms. The van der Waals surface area contributed by atoms with Gasteiger partial charge in [-0.15, -0.1) is 0 Å². The molecular formula is C20H21FN2O6S. The third-order valence-corrected chi connectivity index (χ3v) is 4.95. The summed E-state index contributed by atoms with van der Waals surface area (Å²) in [6, 6.07) is 9.90. The van der Waals surface area contributed by atoms with Gasteiger partial charge in [0.1, 0.15) is 0 Å². The lowest BCUT2D eigenvalue weighted by atomic mass is 10.2. The summed E-state index contributed by atoms with van der Waals surface area (Å²) < 4.78 is 45.9. The van der Waals surface area contributed by atoms with Crippen LogP contribution in [-0.4, -0.2) is 46.0 Å². The van der Waals surface area contributed by atoms with Gasteiger partial charge < -0.3 is 14.4 Å². The van der Waals surface area contributed by atoms with Gasteiger partial charge in [-0.2, -0.15) is 0 Å². The van der Waals surface area contributed by atoms with Crippen LogP contribution >= 0.6 is 0 Å². The first-order valence-electron chi connectivity index (χ1n) is 8.64. The number of hydrogen-bond donors (Lipinski definition) is 1. The second-order valence-electron chi connectivity index (χ2n) is 6.27. The minimum absolute atomic E-state index is 0.0485. The first-order valence-corrected chi connectivity index (χ1v) is 10.2. The molecule has 0 aliphatic carbocycles. The van der Waals surface area contributed by atoms with E-state index in [0.29, 0.717) is 11.1 Å². The Morgan fingerprint density at radius 1 is 1.17 bits per heavy atom. The van der Waals surface area contributed by atoms with Crippen molar-refractivity contribution in [3.8, 4) is 5.75 Å². The molecule has 2 aromatic carbocycles. The standard InChI is InChI=1S/C20H21FN2O6S/c1-23(12-15-5-9-18(28-2)17(21)11-15)19(24)13-29-20(25)10-6-14-3-7-16(8-4-14)30(22,26)27/h3-11H,12-13H2,1-2H3,(H2,22,26,27)/b10-6+. The summed E-state index contributed by atoms with van der Waals surface area (Å²) >= 11 is 0. The molecule has 0 unspecified atom stereocenters. The lowest BCUT2D eigenvalue weighted by Gasteiger charge is -2.17. The van der Waals surface area contributed by atoms with Crippen LogP contribution in [0.1, 0.15) is 11.1 Å². The topological polar surface area (TPSA) is 116 Å². The van der Waals surface area contributed by atoms with Gasteiger partial charge in [-0.05, 0) is 41.5 Å². The molecule has 0 aromatic heterocycles. The maximum absolute atomic E-state index is 13.7. The van der Waals surface area contributed by atoms with Crippen LogP contribution in [0.4, 0.5) is 4.39 Å². The summed E-state index contributed by atoms with van der Waals surface area (Å²) in [6.07, 6.45) is 2.52. The summed E-state index contributed by atoms with van der Waals surface area (Å²) in [4.78, 5) is 25.1. The van der Waals surface area contributed by atoms with E-state index in [2.05, 4.69) is 0 Å². The lowest BCUT2D eigenvalue weighted by molar-refractivity contribution is -0.147. The minimum Gasteiger partial charge on any atom is -0.494 e. The van der Waals surface area contributed by atoms with Crippen molar-refractivity contribution in [2.45, 2.75) is 11.4 Å². The number of primary sulfonamides is 1. The van der Waals surface area contributed by atoms with Crippen molar-refractivity contribution in [1.82, 2.24) is 4.90 Å². The fourth-order valence-corrected chi connectivity index (χ4v) is 2.91. The zero-order valence-electron chi connectivity index (χ0n) is 16.4. The van der Waals surface area contributed by atoms with Crippen LogP contribution < -0.4 is 9.88 Å². The van der Waals surface area contributed by atoms with E-state index in [4.69, 9.17) is 14.6 Å². The molecule has 0 spiro atoms. The van der Waals surface area contributed by atoms with E-state index in [1.807, 2.05) is 0 Å². The molecule has 0 saturated carbocycles. The summed E-state index contributed by atoms with van der Waals surface area (Å²) in [6.45, 7) is -0.355. The third-order valence-electron chi connectivity index (χ3n) is 4.02. The number of halogens is 1. The van der Waals surface area contributed by atoms with Gasteiger partial charge in [0.15, 0.2) is 18.2 Å². The van der Waals surface area contributed by atoms with Crippen molar-refractivity contribution in [1.29, 1.82) is 0 Å². The smallest absolute Gasteiger partial charge is 0.331 e. The predicted octanol–water partition coefficient (Wildman–Crippen LogP) is 1.70. The fraction of sp³-hybridized carbons (Fsp3) is 0.200. The average Bonchev–Trinajstić information content (AvgIpc) is 2.70. The number of carbonyl (C=O) groups is 2. The Hall–Kier alpha value is -3.24. The van der Waals surface area contributed by atoms with Crippen LogP contribution in [0, 0.1) is 5.82 Å². The molecule has 8 nitrogen and oxygen atoms in total. The molecule has 160 valence electrons. The van der Waals surface area contributed by atoms with Crippen LogP contribution in [0.2, 0.25) is 0 Å². The number of methoxy groups -OCH3 is 1. The van der Waals surface area contributed by atoms with Crippen molar-refractivity contribution in [3.05, 3.63) is 65.5 Å². The normalized spacial score (nSPS) is 11.3. The van der Waals surface area contributed by atoms with Crippen molar-refractivity contribution in [2.24, 2.45) is 5.14 Å². The molecular weight excluding hydrogens is 415 g/mol. The number of rotatable bonds is 8. The molecule has 30 heavy (non-hydrogen) atoms. The van der Waals surface area contributed by atoms with E-state index in [1.54, 1.807) is 6.07 Å². The lowest BCUT2D eigenvalue weighted by Crippen LogP contribution is -2.30. The molecule has 2 aromatic rings. The van der Waals surface area contributed by atoms with Gasteiger partial charge in [0.2, 0.25) is 10.0 Å². The third kappa shape index (κ3) is 6.68. The molecule has 0 atom stereocenters. The maximum Gasteiger partial charge on any atom is 0.331 e. The van der Waals surface area contributed by atoms with E-state index in [9.17, 15) is 22.4 Å². The number of hydrogen-bond acceptors (Lipinski definition) is 6. The Labute approximate surface area is 173 Å². The largest absolute Gasteiger partial charge is 0.494 e. The van der Waals surface area contributed by atoms with Crippen LogP contribution in [0.3, 0.4) is 0 Å². The highest BCUT2D eigenvalue weighted by atomic mass is 32.2. The first kappa shape index (κ1) is 23.0. The Morgan fingerprint density at radius 2 is 1.83 bits per heavy atom. The summed E-state index contributed by atoms with van der Waals surface area (Å²) in [7, 11) is -0.932.